The van der Waals surface area contributed by atoms with E-state index in [1.807, 2.05) is 36.1 Å². The zero-order chi connectivity index (χ0) is 21.3. The first-order chi connectivity index (χ1) is 15.1. The lowest BCUT2D eigenvalue weighted by molar-refractivity contribution is -0.157. The van der Waals surface area contributed by atoms with Crippen LogP contribution >= 0.6 is 0 Å². The monoisotopic (exact) mass is 424 g/mol. The van der Waals surface area contributed by atoms with Crippen molar-refractivity contribution in [1.29, 1.82) is 0 Å². The maximum atomic E-state index is 12.6. The number of ether oxygens (including phenoxy) is 1. The first-order valence-electron chi connectivity index (χ1n) is 11.7. The molecule has 0 N–H and O–H groups in total. The normalized spacial score (nSPS) is 23.3. The van der Waals surface area contributed by atoms with Crippen LogP contribution in [0, 0.1) is 6.92 Å². The van der Waals surface area contributed by atoms with Crippen LogP contribution in [0.2, 0.25) is 0 Å². The Morgan fingerprint density at radius 1 is 1.16 bits per heavy atom. The van der Waals surface area contributed by atoms with Crippen LogP contribution in [-0.2, 0) is 16.0 Å². The lowest BCUT2D eigenvalue weighted by atomic mass is 9.88. The highest BCUT2D eigenvalue weighted by atomic mass is 16.5. The summed E-state index contributed by atoms with van der Waals surface area (Å²) in [5.74, 6) is 1.40. The van der Waals surface area contributed by atoms with E-state index in [0.717, 1.165) is 38.1 Å². The summed E-state index contributed by atoms with van der Waals surface area (Å²) in [6.07, 6.45) is 6.89. The second-order valence-corrected chi connectivity index (χ2v) is 9.43. The van der Waals surface area contributed by atoms with Gasteiger partial charge in [0.25, 0.3) is 0 Å². The van der Waals surface area contributed by atoms with E-state index in [0.29, 0.717) is 30.6 Å². The minimum atomic E-state index is -0.0901. The molecule has 0 radical (unpaired) electrons. The van der Waals surface area contributed by atoms with Gasteiger partial charge in [-0.1, -0.05) is 41.4 Å². The molecule has 0 bridgehead atoms. The Kier molecular flexibility index (Phi) is 5.80. The average molecular weight is 425 g/mol. The molecule has 2 aromatic rings. The molecule has 1 aromatic heterocycles. The number of aryl methyl sites for hydroxylation is 2. The van der Waals surface area contributed by atoms with Gasteiger partial charge in [0.15, 0.2) is 0 Å². The van der Waals surface area contributed by atoms with Gasteiger partial charge in [-0.25, -0.2) is 0 Å². The van der Waals surface area contributed by atoms with E-state index < -0.39 is 0 Å². The molecular weight excluding hydrogens is 392 g/mol. The molecule has 3 aliphatic heterocycles. The summed E-state index contributed by atoms with van der Waals surface area (Å²) < 4.78 is 11.5. The number of likely N-dealkylation sites (tertiary alicyclic amines) is 2. The van der Waals surface area contributed by atoms with Crippen LogP contribution < -0.4 is 0 Å². The summed E-state index contributed by atoms with van der Waals surface area (Å²) in [6, 6.07) is 8.60. The Hall–Kier alpha value is -2.25. The number of aromatic nitrogens is 2. The zero-order valence-electron chi connectivity index (χ0n) is 18.4. The molecule has 5 rings (SSSR count). The lowest BCUT2D eigenvalue weighted by Crippen LogP contribution is -2.63. The number of carbonyl (C=O) groups excluding carboxylic acids is 1. The molecule has 1 atom stereocenters. The smallest absolute Gasteiger partial charge is 0.226 e. The molecule has 1 amide bonds. The summed E-state index contributed by atoms with van der Waals surface area (Å²) in [5, 5.41) is 4.07. The second-order valence-electron chi connectivity index (χ2n) is 9.43. The lowest BCUT2D eigenvalue weighted by Gasteiger charge is -2.47. The largest absolute Gasteiger partial charge is 0.370 e. The first kappa shape index (κ1) is 20.6. The van der Waals surface area contributed by atoms with Crippen molar-refractivity contribution in [2.24, 2.45) is 0 Å². The van der Waals surface area contributed by atoms with Gasteiger partial charge in [0.05, 0.1) is 19.7 Å². The van der Waals surface area contributed by atoms with Crippen LogP contribution in [0.3, 0.4) is 0 Å². The van der Waals surface area contributed by atoms with Gasteiger partial charge in [-0.15, -0.1) is 0 Å². The van der Waals surface area contributed by atoms with Crippen molar-refractivity contribution >= 4 is 5.91 Å². The van der Waals surface area contributed by atoms with E-state index >= 15 is 0 Å². The average Bonchev–Trinajstić information content (AvgIpc) is 3.42. The van der Waals surface area contributed by atoms with Crippen molar-refractivity contribution in [2.45, 2.75) is 63.5 Å². The summed E-state index contributed by atoms with van der Waals surface area (Å²) >= 11 is 0. The van der Waals surface area contributed by atoms with E-state index in [1.54, 1.807) is 0 Å². The minimum absolute atomic E-state index is 0.0901. The third-order valence-electron chi connectivity index (χ3n) is 6.97. The van der Waals surface area contributed by atoms with Crippen LogP contribution in [0.25, 0.3) is 11.4 Å². The topological polar surface area (TPSA) is 71.7 Å². The Morgan fingerprint density at radius 2 is 1.94 bits per heavy atom. The van der Waals surface area contributed by atoms with Gasteiger partial charge >= 0.3 is 0 Å². The molecule has 3 aliphatic rings. The fraction of sp³-hybridized carbons (Fsp3) is 0.625. The Morgan fingerprint density at radius 3 is 2.71 bits per heavy atom. The van der Waals surface area contributed by atoms with Crippen molar-refractivity contribution in [1.82, 2.24) is 19.9 Å². The molecule has 1 aromatic carbocycles. The number of piperidine rings is 1. The number of rotatable bonds is 6. The molecule has 7 nitrogen and oxygen atoms in total. The summed E-state index contributed by atoms with van der Waals surface area (Å²) in [4.78, 5) is 21.6. The van der Waals surface area contributed by atoms with Crippen molar-refractivity contribution in [3.8, 4) is 11.4 Å². The zero-order valence-corrected chi connectivity index (χ0v) is 18.4. The van der Waals surface area contributed by atoms with Crippen LogP contribution in [-0.4, -0.2) is 70.3 Å². The molecule has 3 saturated heterocycles. The molecule has 166 valence electrons. The van der Waals surface area contributed by atoms with Gasteiger partial charge in [-0.05, 0) is 45.7 Å². The number of nitrogens with zero attached hydrogens (tertiary/aromatic N) is 4. The van der Waals surface area contributed by atoms with Gasteiger partial charge in [-0.2, -0.15) is 4.98 Å². The van der Waals surface area contributed by atoms with E-state index in [-0.39, 0.29) is 11.5 Å². The highest BCUT2D eigenvalue weighted by Crippen LogP contribution is 2.38. The molecule has 31 heavy (non-hydrogen) atoms. The Labute approximate surface area is 183 Å². The summed E-state index contributed by atoms with van der Waals surface area (Å²) in [6.45, 7) is 6.77. The van der Waals surface area contributed by atoms with Crippen LogP contribution in [0.15, 0.2) is 28.8 Å². The number of hydrogen-bond acceptors (Lipinski definition) is 6. The van der Waals surface area contributed by atoms with E-state index in [9.17, 15) is 4.79 Å². The SMILES string of the molecule is Cc1ccc(-c2noc(CCCC(=O)N3CC4(CC(N5CCCCC5)CO4)C3)n2)cc1. The fourth-order valence-corrected chi connectivity index (χ4v) is 5.11. The Bertz CT molecular complexity index is 898. The maximum absolute atomic E-state index is 12.6. The second kappa shape index (κ2) is 8.71. The number of benzene rings is 1. The predicted molar refractivity (Wildman–Crippen MR) is 117 cm³/mol. The molecule has 1 unspecified atom stereocenters. The highest BCUT2D eigenvalue weighted by Gasteiger charge is 2.52. The van der Waals surface area contributed by atoms with Crippen molar-refractivity contribution in [3.63, 3.8) is 0 Å². The van der Waals surface area contributed by atoms with Crippen LogP contribution in [0.5, 0.6) is 0 Å². The number of carbonyl (C=O) groups is 1. The maximum Gasteiger partial charge on any atom is 0.226 e. The van der Waals surface area contributed by atoms with Gasteiger partial charge in [0.2, 0.25) is 17.6 Å². The molecule has 3 fully saturated rings. The van der Waals surface area contributed by atoms with E-state index in [1.165, 1.54) is 37.9 Å². The third-order valence-corrected chi connectivity index (χ3v) is 6.97. The van der Waals surface area contributed by atoms with Crippen molar-refractivity contribution in [2.75, 3.05) is 32.8 Å². The Balaban J connectivity index is 1.05. The van der Waals surface area contributed by atoms with Gasteiger partial charge < -0.3 is 14.2 Å². The summed E-state index contributed by atoms with van der Waals surface area (Å²) in [7, 11) is 0. The molecule has 4 heterocycles. The predicted octanol–water partition coefficient (Wildman–Crippen LogP) is 3.22. The molecule has 0 aliphatic carbocycles. The van der Waals surface area contributed by atoms with Crippen molar-refractivity contribution in [3.05, 3.63) is 35.7 Å². The molecular formula is C24H32N4O3. The van der Waals surface area contributed by atoms with E-state index in [2.05, 4.69) is 15.0 Å². The van der Waals surface area contributed by atoms with Gasteiger partial charge in [-0.3, -0.25) is 9.69 Å². The fourth-order valence-electron chi connectivity index (χ4n) is 5.11. The molecule has 1 spiro atoms. The van der Waals surface area contributed by atoms with E-state index in [4.69, 9.17) is 9.26 Å². The molecule has 0 saturated carbocycles. The quantitative estimate of drug-likeness (QED) is 0.709. The van der Waals surface area contributed by atoms with Gasteiger partial charge in [0, 0.05) is 24.4 Å². The van der Waals surface area contributed by atoms with Crippen molar-refractivity contribution < 1.29 is 14.1 Å². The highest BCUT2D eigenvalue weighted by molar-refractivity contribution is 5.77. The standard InChI is InChI=1S/C24H32N4O3/c1-18-8-10-19(11-9-18)23-25-21(31-26-23)6-5-7-22(29)28-16-24(17-28)14-20(15-30-24)27-12-3-2-4-13-27/h8-11,20H,2-7,12-17H2,1H3. The molecule has 7 heteroatoms. The van der Waals surface area contributed by atoms with Crippen LogP contribution in [0.4, 0.5) is 0 Å². The number of hydrogen-bond donors (Lipinski definition) is 0. The van der Waals surface area contributed by atoms with Crippen LogP contribution in [0.1, 0.15) is 50.0 Å². The minimum Gasteiger partial charge on any atom is -0.370 e. The summed E-state index contributed by atoms with van der Waals surface area (Å²) in [5.41, 5.74) is 2.05. The first-order valence-corrected chi connectivity index (χ1v) is 11.7. The third kappa shape index (κ3) is 4.53. The van der Waals surface area contributed by atoms with Gasteiger partial charge in [0.1, 0.15) is 5.60 Å². The number of amides is 1.